The van der Waals surface area contributed by atoms with E-state index < -0.39 is 0 Å². The molecule has 0 fully saturated rings. The van der Waals surface area contributed by atoms with Gasteiger partial charge < -0.3 is 5.32 Å². The average Bonchev–Trinajstić information content (AvgIpc) is 2.91. The molecule has 0 unspecified atom stereocenters. The Labute approximate surface area is 175 Å². The predicted molar refractivity (Wildman–Crippen MR) is 119 cm³/mol. The van der Waals surface area contributed by atoms with Crippen LogP contribution in [0.25, 0.3) is 0 Å². The quantitative estimate of drug-likeness (QED) is 0.369. The molecule has 0 spiro atoms. The topological polar surface area (TPSA) is 62.3 Å². The number of aryl methyl sites for hydroxylation is 2. The Bertz CT molecular complexity index is 1000. The number of carbonyl (C=O) groups is 2. The molecule has 1 N–H and O–H groups in total. The Hall–Kier alpha value is -2.26. The molecular formula is C20H18IN3O2S. The van der Waals surface area contributed by atoms with Crippen LogP contribution in [-0.4, -0.2) is 21.7 Å². The molecule has 2 amide bonds. The van der Waals surface area contributed by atoms with E-state index in [9.17, 15) is 9.59 Å². The van der Waals surface area contributed by atoms with Crippen LogP contribution in [0.4, 0.5) is 17.1 Å². The van der Waals surface area contributed by atoms with Crippen molar-refractivity contribution < 1.29 is 9.59 Å². The molecular weight excluding hydrogens is 473 g/mol. The molecule has 2 aromatic heterocycles. The second-order valence-electron chi connectivity index (χ2n) is 5.79. The van der Waals surface area contributed by atoms with E-state index in [-0.39, 0.29) is 11.8 Å². The Morgan fingerprint density at radius 2 is 1.74 bits per heavy atom. The highest BCUT2D eigenvalue weighted by molar-refractivity contribution is 14.1. The number of alkyl halides is 1. The summed E-state index contributed by atoms with van der Waals surface area (Å²) in [6.45, 7) is 3.84. The maximum absolute atomic E-state index is 13.3. The summed E-state index contributed by atoms with van der Waals surface area (Å²) in [7, 11) is 0. The normalized spacial score (nSPS) is 12.1. The second kappa shape index (κ2) is 8.18. The number of hydrogen-bond acceptors (Lipinski definition) is 4. The van der Waals surface area contributed by atoms with Gasteiger partial charge in [0.05, 0.1) is 22.6 Å². The van der Waals surface area contributed by atoms with Crippen molar-refractivity contribution in [2.75, 3.05) is 15.1 Å². The number of rotatable bonds is 1. The van der Waals surface area contributed by atoms with Crippen LogP contribution in [-0.2, 0) is 0 Å². The summed E-state index contributed by atoms with van der Waals surface area (Å²) in [5, 5.41) is 2.93. The summed E-state index contributed by atoms with van der Waals surface area (Å²) >= 11 is 3.67. The number of nitrogens with one attached hydrogen (secondary N) is 1. The van der Waals surface area contributed by atoms with Crippen LogP contribution in [0.2, 0.25) is 0 Å². The fourth-order valence-electron chi connectivity index (χ4n) is 3.12. The lowest BCUT2D eigenvalue weighted by molar-refractivity contribution is 0.0999. The van der Waals surface area contributed by atoms with Crippen molar-refractivity contribution in [1.82, 2.24) is 4.98 Å². The van der Waals surface area contributed by atoms with Crippen LogP contribution in [0.15, 0.2) is 48.8 Å². The van der Waals surface area contributed by atoms with Crippen molar-refractivity contribution in [2.24, 2.45) is 0 Å². The van der Waals surface area contributed by atoms with Gasteiger partial charge in [0.25, 0.3) is 11.8 Å². The minimum Gasteiger partial charge on any atom is -0.320 e. The third kappa shape index (κ3) is 3.49. The number of anilines is 3. The number of carbonyl (C=O) groups excluding carboxylic acids is 2. The van der Waals surface area contributed by atoms with Crippen molar-refractivity contribution in [3.63, 3.8) is 0 Å². The molecule has 1 aliphatic heterocycles. The molecule has 5 nitrogen and oxygen atoms in total. The number of nitrogens with zero attached hydrogens (tertiary/aromatic N) is 2. The van der Waals surface area contributed by atoms with E-state index in [0.29, 0.717) is 28.2 Å². The summed E-state index contributed by atoms with van der Waals surface area (Å²) in [4.78, 5) is 35.5. The summed E-state index contributed by atoms with van der Waals surface area (Å²) in [6.07, 6.45) is 3.18. The number of fused-ring (bicyclic) bond motifs is 2. The first-order valence-corrected chi connectivity index (χ1v) is 11.2. The summed E-state index contributed by atoms with van der Waals surface area (Å²) < 4.78 is 0. The van der Waals surface area contributed by atoms with Crippen LogP contribution in [0.5, 0.6) is 0 Å². The highest BCUT2D eigenvalue weighted by Gasteiger charge is 2.33. The van der Waals surface area contributed by atoms with Gasteiger partial charge in [-0.05, 0) is 43.0 Å². The minimum absolute atomic E-state index is 0.186. The molecule has 0 saturated heterocycles. The molecule has 3 aromatic rings. The number of pyridine rings is 1. The third-order valence-corrected chi connectivity index (χ3v) is 5.21. The van der Waals surface area contributed by atoms with Crippen LogP contribution < -0.4 is 10.2 Å². The van der Waals surface area contributed by atoms with Crippen LogP contribution >= 0.6 is 33.9 Å². The number of thiophene rings is 1. The zero-order chi connectivity index (χ0) is 19.6. The van der Waals surface area contributed by atoms with Gasteiger partial charge in [0, 0.05) is 27.7 Å². The van der Waals surface area contributed by atoms with Gasteiger partial charge in [-0.15, -0.1) is 11.3 Å². The second-order valence-corrected chi connectivity index (χ2v) is 7.21. The molecule has 27 heavy (non-hydrogen) atoms. The molecule has 1 aliphatic rings. The first-order valence-electron chi connectivity index (χ1n) is 8.20. The third-order valence-electron chi connectivity index (χ3n) is 4.20. The molecule has 0 bridgehead atoms. The number of aromatic nitrogens is 1. The summed E-state index contributed by atoms with van der Waals surface area (Å²) in [6, 6.07) is 10.7. The van der Waals surface area contributed by atoms with E-state index in [0.717, 1.165) is 9.75 Å². The lowest BCUT2D eigenvalue weighted by Gasteiger charge is -2.23. The molecule has 1 aromatic carbocycles. The molecule has 4 rings (SSSR count). The lowest BCUT2D eigenvalue weighted by atomic mass is 10.1. The van der Waals surface area contributed by atoms with Gasteiger partial charge >= 0.3 is 0 Å². The van der Waals surface area contributed by atoms with Crippen molar-refractivity contribution in [3.05, 3.63) is 69.7 Å². The molecule has 0 radical (unpaired) electrons. The van der Waals surface area contributed by atoms with E-state index in [1.165, 1.54) is 11.3 Å². The fraction of sp³-hybridized carbons (Fsp3) is 0.150. The van der Waals surface area contributed by atoms with Gasteiger partial charge in [-0.25, -0.2) is 0 Å². The van der Waals surface area contributed by atoms with Gasteiger partial charge in [-0.3, -0.25) is 19.5 Å². The Morgan fingerprint density at radius 3 is 2.44 bits per heavy atom. The Morgan fingerprint density at radius 1 is 1.07 bits per heavy atom. The van der Waals surface area contributed by atoms with E-state index in [1.807, 2.05) is 37.0 Å². The molecule has 3 heterocycles. The summed E-state index contributed by atoms with van der Waals surface area (Å²) in [5.41, 5.74) is 3.02. The molecule has 7 heteroatoms. The number of amides is 2. The fourth-order valence-corrected chi connectivity index (χ4v) is 4.16. The summed E-state index contributed by atoms with van der Waals surface area (Å²) in [5.74, 6) is -0.372. The largest absolute Gasteiger partial charge is 0.320 e. The van der Waals surface area contributed by atoms with Gasteiger partial charge in [0.2, 0.25) is 0 Å². The Kier molecular flexibility index (Phi) is 5.91. The van der Waals surface area contributed by atoms with Crippen molar-refractivity contribution in [2.45, 2.75) is 13.8 Å². The maximum atomic E-state index is 13.3. The zero-order valence-electron chi connectivity index (χ0n) is 15.1. The molecule has 0 saturated carbocycles. The maximum Gasteiger partial charge on any atom is 0.263 e. The van der Waals surface area contributed by atoms with Gasteiger partial charge in [-0.1, -0.05) is 34.7 Å². The number of hydrogen-bond donors (Lipinski definition) is 1. The number of halogens is 1. The van der Waals surface area contributed by atoms with Gasteiger partial charge in [-0.2, -0.15) is 0 Å². The zero-order valence-corrected chi connectivity index (χ0v) is 18.1. The van der Waals surface area contributed by atoms with E-state index in [1.54, 1.807) is 35.5 Å². The van der Waals surface area contributed by atoms with Gasteiger partial charge in [0.1, 0.15) is 0 Å². The van der Waals surface area contributed by atoms with E-state index in [4.69, 9.17) is 0 Å². The van der Waals surface area contributed by atoms with E-state index in [2.05, 4.69) is 32.9 Å². The van der Waals surface area contributed by atoms with Crippen LogP contribution in [0.3, 0.4) is 0 Å². The predicted octanol–water partition coefficient (Wildman–Crippen LogP) is 5.36. The monoisotopic (exact) mass is 491 g/mol. The number of para-hydroxylation sites is 2. The lowest BCUT2D eigenvalue weighted by Crippen LogP contribution is -2.26. The van der Waals surface area contributed by atoms with Crippen LogP contribution in [0, 0.1) is 13.8 Å². The van der Waals surface area contributed by atoms with Crippen LogP contribution in [0.1, 0.15) is 30.5 Å². The first-order chi connectivity index (χ1) is 13.1. The molecule has 0 aliphatic carbocycles. The SMILES string of the molecule is CI.Cc1sc(C)c2c1C(=O)Nc1ccccc1N2C(=O)c1ccncc1. The van der Waals surface area contributed by atoms with Crippen molar-refractivity contribution in [3.8, 4) is 0 Å². The molecule has 138 valence electrons. The Balaban J connectivity index is 0.00000102. The highest BCUT2D eigenvalue weighted by atomic mass is 127. The highest BCUT2D eigenvalue weighted by Crippen LogP contribution is 2.44. The van der Waals surface area contributed by atoms with Crippen molar-refractivity contribution >= 4 is 62.8 Å². The first kappa shape index (κ1) is 19.5. The van der Waals surface area contributed by atoms with Gasteiger partial charge in [0.15, 0.2) is 0 Å². The standard InChI is InChI=1S/C19H15N3O2S.CH3I/c1-11-16-17(12(2)25-11)22(19(24)13-7-9-20-10-8-13)15-6-4-3-5-14(15)21-18(16)23;1-2/h3-10H,1-2H3,(H,21,23);1H3. The average molecular weight is 491 g/mol. The minimum atomic E-state index is -0.187. The van der Waals surface area contributed by atoms with Crippen molar-refractivity contribution in [1.29, 1.82) is 0 Å². The van der Waals surface area contributed by atoms with E-state index >= 15 is 0 Å². The molecule has 0 atom stereocenters. The number of benzene rings is 1. The smallest absolute Gasteiger partial charge is 0.263 e.